The number of anilines is 2. The lowest BCUT2D eigenvalue weighted by atomic mass is 9.90. The first-order valence-electron chi connectivity index (χ1n) is 10.8. The highest BCUT2D eigenvalue weighted by Gasteiger charge is 2.41. The molecule has 1 unspecified atom stereocenters. The Hall–Kier alpha value is -2.92. The molecule has 3 rings (SSSR count). The third-order valence-electron chi connectivity index (χ3n) is 5.97. The average molecular weight is 478 g/mol. The lowest BCUT2D eigenvalue weighted by Crippen LogP contribution is -2.43. The first-order chi connectivity index (χ1) is 15.6. The third-order valence-corrected chi connectivity index (χ3v) is 7.20. The van der Waals surface area contributed by atoms with Crippen LogP contribution in [0.2, 0.25) is 0 Å². The molecule has 1 fully saturated rings. The van der Waals surface area contributed by atoms with Gasteiger partial charge in [-0.15, -0.1) is 0 Å². The number of nitrogen functional groups attached to an aromatic ring is 1. The van der Waals surface area contributed by atoms with Crippen molar-refractivity contribution in [2.24, 2.45) is 5.92 Å². The number of pyridine rings is 2. The number of hydrogen-bond donors (Lipinski definition) is 2. The lowest BCUT2D eigenvalue weighted by molar-refractivity contribution is 0.0980. The van der Waals surface area contributed by atoms with E-state index in [4.69, 9.17) is 15.2 Å². The molecule has 11 heteroatoms. The third kappa shape index (κ3) is 5.53. The molecule has 1 amide bonds. The molecule has 0 bridgehead atoms. The van der Waals surface area contributed by atoms with Crippen molar-refractivity contribution in [1.29, 1.82) is 0 Å². The fraction of sp³-hybridized carbons (Fsp3) is 0.500. The molecule has 0 aromatic carbocycles. The summed E-state index contributed by atoms with van der Waals surface area (Å²) >= 11 is 0. The highest BCUT2D eigenvalue weighted by Crippen LogP contribution is 2.39. The van der Waals surface area contributed by atoms with Crippen LogP contribution in [-0.2, 0) is 14.8 Å². The Morgan fingerprint density at radius 2 is 2.00 bits per heavy atom. The zero-order valence-corrected chi connectivity index (χ0v) is 20.2. The van der Waals surface area contributed by atoms with E-state index >= 15 is 0 Å². The first kappa shape index (κ1) is 24.7. The SMILES string of the molecule is CCOCCOc1ccc(C(=O)NS(=O)(=O)c2cccc(N)n2)c(N2CCC(C)C2(C)C)n1. The van der Waals surface area contributed by atoms with Gasteiger partial charge >= 0.3 is 0 Å². The zero-order valence-electron chi connectivity index (χ0n) is 19.4. The molecule has 0 radical (unpaired) electrons. The number of carbonyl (C=O) groups excluding carboxylic acids is 1. The van der Waals surface area contributed by atoms with Gasteiger partial charge < -0.3 is 20.1 Å². The van der Waals surface area contributed by atoms with Gasteiger partial charge in [-0.25, -0.2) is 9.71 Å². The topological polar surface area (TPSA) is 137 Å². The van der Waals surface area contributed by atoms with Crippen molar-refractivity contribution in [3.05, 3.63) is 35.9 Å². The Balaban J connectivity index is 1.93. The fourth-order valence-corrected chi connectivity index (χ4v) is 4.60. The van der Waals surface area contributed by atoms with Crippen LogP contribution in [-0.4, -0.2) is 56.2 Å². The molecule has 0 spiro atoms. The summed E-state index contributed by atoms with van der Waals surface area (Å²) in [6.45, 7) is 10.2. The fourth-order valence-electron chi connectivity index (χ4n) is 3.66. The molecule has 1 aliphatic heterocycles. The summed E-state index contributed by atoms with van der Waals surface area (Å²) in [7, 11) is -4.23. The van der Waals surface area contributed by atoms with E-state index in [0.717, 1.165) is 6.42 Å². The van der Waals surface area contributed by atoms with Gasteiger partial charge in [-0.2, -0.15) is 13.4 Å². The van der Waals surface area contributed by atoms with E-state index in [1.54, 1.807) is 6.07 Å². The maximum atomic E-state index is 13.1. The summed E-state index contributed by atoms with van der Waals surface area (Å²) in [5.74, 6) is 0.272. The molecule has 0 saturated carbocycles. The lowest BCUT2D eigenvalue weighted by Gasteiger charge is -2.36. The van der Waals surface area contributed by atoms with Crippen LogP contribution in [0, 0.1) is 5.92 Å². The normalized spacial score (nSPS) is 17.7. The van der Waals surface area contributed by atoms with Crippen LogP contribution in [0.15, 0.2) is 35.4 Å². The number of hydrogen-bond acceptors (Lipinski definition) is 9. The molecule has 0 aliphatic carbocycles. The van der Waals surface area contributed by atoms with Crippen LogP contribution in [0.5, 0.6) is 5.88 Å². The van der Waals surface area contributed by atoms with Gasteiger partial charge in [0, 0.05) is 24.8 Å². The van der Waals surface area contributed by atoms with Crippen LogP contribution in [0.25, 0.3) is 0 Å². The molecule has 1 saturated heterocycles. The molecule has 180 valence electrons. The van der Waals surface area contributed by atoms with E-state index in [-0.39, 0.29) is 21.9 Å². The molecule has 1 aliphatic rings. The van der Waals surface area contributed by atoms with E-state index in [9.17, 15) is 13.2 Å². The summed E-state index contributed by atoms with van der Waals surface area (Å²) < 4.78 is 38.5. The summed E-state index contributed by atoms with van der Waals surface area (Å²) in [6, 6.07) is 7.25. The predicted molar refractivity (Wildman–Crippen MR) is 125 cm³/mol. The van der Waals surface area contributed by atoms with Crippen molar-refractivity contribution in [1.82, 2.24) is 14.7 Å². The van der Waals surface area contributed by atoms with Gasteiger partial charge in [-0.3, -0.25) is 4.79 Å². The second kappa shape index (κ2) is 9.92. The van der Waals surface area contributed by atoms with Crippen LogP contribution < -0.4 is 20.1 Å². The Morgan fingerprint density at radius 1 is 1.24 bits per heavy atom. The van der Waals surface area contributed by atoms with Gasteiger partial charge in [-0.05, 0) is 51.3 Å². The number of carbonyl (C=O) groups is 1. The number of nitrogens with zero attached hydrogens (tertiary/aromatic N) is 3. The largest absolute Gasteiger partial charge is 0.475 e. The van der Waals surface area contributed by atoms with Gasteiger partial charge in [0.15, 0.2) is 5.03 Å². The quantitative estimate of drug-likeness (QED) is 0.521. The van der Waals surface area contributed by atoms with E-state index in [1.807, 2.05) is 11.8 Å². The van der Waals surface area contributed by atoms with Crippen molar-refractivity contribution in [3.63, 3.8) is 0 Å². The van der Waals surface area contributed by atoms with E-state index < -0.39 is 15.9 Å². The van der Waals surface area contributed by atoms with Crippen molar-refractivity contribution in [2.45, 2.75) is 44.7 Å². The highest BCUT2D eigenvalue weighted by atomic mass is 32.2. The van der Waals surface area contributed by atoms with Crippen molar-refractivity contribution >= 4 is 27.6 Å². The summed E-state index contributed by atoms with van der Waals surface area (Å²) in [4.78, 5) is 23.5. The number of amides is 1. The van der Waals surface area contributed by atoms with Crippen LogP contribution in [0.1, 0.15) is 44.5 Å². The number of nitrogens with one attached hydrogen (secondary N) is 1. The minimum Gasteiger partial charge on any atom is -0.475 e. The first-order valence-corrected chi connectivity index (χ1v) is 12.3. The minimum atomic E-state index is -4.23. The van der Waals surface area contributed by atoms with E-state index in [2.05, 4.69) is 35.5 Å². The second-order valence-electron chi connectivity index (χ2n) is 8.40. The Morgan fingerprint density at radius 3 is 2.64 bits per heavy atom. The molecular formula is C22H31N5O5S. The Bertz CT molecular complexity index is 1110. The molecule has 3 heterocycles. The van der Waals surface area contributed by atoms with Gasteiger partial charge in [0.2, 0.25) is 5.88 Å². The maximum Gasteiger partial charge on any atom is 0.281 e. The van der Waals surface area contributed by atoms with Gasteiger partial charge in [0.25, 0.3) is 15.9 Å². The second-order valence-corrected chi connectivity index (χ2v) is 10.0. The van der Waals surface area contributed by atoms with Crippen molar-refractivity contribution in [3.8, 4) is 5.88 Å². The standard InChI is InChI=1S/C22H31N5O5S/c1-5-31-13-14-32-18-10-9-16(20(25-18)27-12-11-15(2)22(27,3)4)21(28)26-33(29,30)19-8-6-7-17(23)24-19/h6-10,15H,5,11-14H2,1-4H3,(H2,23,24)(H,26,28). The summed E-state index contributed by atoms with van der Waals surface area (Å²) in [5.41, 5.74) is 5.43. The number of nitrogens with two attached hydrogens (primary N) is 1. The predicted octanol–water partition coefficient (Wildman–Crippen LogP) is 2.22. The average Bonchev–Trinajstić information content (AvgIpc) is 3.03. The Labute approximate surface area is 194 Å². The van der Waals surface area contributed by atoms with Gasteiger partial charge in [0.05, 0.1) is 12.2 Å². The van der Waals surface area contributed by atoms with E-state index in [1.165, 1.54) is 24.3 Å². The Kier molecular flexibility index (Phi) is 7.43. The van der Waals surface area contributed by atoms with Crippen LogP contribution >= 0.6 is 0 Å². The molecule has 10 nitrogen and oxygen atoms in total. The summed E-state index contributed by atoms with van der Waals surface area (Å²) in [5, 5.41) is -0.337. The van der Waals surface area contributed by atoms with Crippen LogP contribution in [0.3, 0.4) is 0 Å². The van der Waals surface area contributed by atoms with Gasteiger partial charge in [-0.1, -0.05) is 13.0 Å². The molecular weight excluding hydrogens is 446 g/mol. The number of sulfonamides is 1. The monoisotopic (exact) mass is 477 g/mol. The number of rotatable bonds is 9. The number of aromatic nitrogens is 2. The van der Waals surface area contributed by atoms with Crippen molar-refractivity contribution in [2.75, 3.05) is 37.0 Å². The molecule has 33 heavy (non-hydrogen) atoms. The molecule has 3 N–H and O–H groups in total. The molecule has 1 atom stereocenters. The van der Waals surface area contributed by atoms with E-state index in [0.29, 0.717) is 44.0 Å². The highest BCUT2D eigenvalue weighted by molar-refractivity contribution is 7.90. The van der Waals surface area contributed by atoms with Gasteiger partial charge in [0.1, 0.15) is 18.2 Å². The molecule has 2 aromatic rings. The zero-order chi connectivity index (χ0) is 24.2. The van der Waals surface area contributed by atoms with Crippen LogP contribution in [0.4, 0.5) is 11.6 Å². The summed E-state index contributed by atoms with van der Waals surface area (Å²) in [6.07, 6.45) is 0.913. The van der Waals surface area contributed by atoms with Crippen molar-refractivity contribution < 1.29 is 22.7 Å². The smallest absolute Gasteiger partial charge is 0.281 e. The molecule has 2 aromatic heterocycles. The number of ether oxygens (including phenoxy) is 2. The maximum absolute atomic E-state index is 13.1. The minimum absolute atomic E-state index is 0.0361.